The van der Waals surface area contributed by atoms with Crippen LogP contribution in [-0.4, -0.2) is 68.5 Å². The van der Waals surface area contributed by atoms with Gasteiger partial charge in [-0.15, -0.1) is 0 Å². The lowest BCUT2D eigenvalue weighted by Crippen LogP contribution is -2.63. The highest BCUT2D eigenvalue weighted by molar-refractivity contribution is 6.24. The van der Waals surface area contributed by atoms with Crippen molar-refractivity contribution in [3.05, 3.63) is 86.9 Å². The first-order valence-electron chi connectivity index (χ1n) is 12.6. The van der Waals surface area contributed by atoms with E-state index >= 15 is 0 Å². The summed E-state index contributed by atoms with van der Waals surface area (Å²) in [6.07, 6.45) is 4.03. The zero-order valence-electron chi connectivity index (χ0n) is 21.8. The van der Waals surface area contributed by atoms with E-state index < -0.39 is 58.0 Å². The SMILES string of the molecule is Cc1ccc(/C=C/c2ccc(O)c3c2C[C@@H]2C[C@@H]4[C@@H](N(C)C)C(O)=C(C(N)=O)C(=O)[C@@]4(O)C(O)=C2C3=O)cc1. The third-order valence-corrected chi connectivity index (χ3v) is 8.17. The molecule has 39 heavy (non-hydrogen) atoms. The van der Waals surface area contributed by atoms with Crippen molar-refractivity contribution in [2.24, 2.45) is 17.6 Å². The summed E-state index contributed by atoms with van der Waals surface area (Å²) in [5, 5.41) is 44.6. The van der Waals surface area contributed by atoms with E-state index in [1.165, 1.54) is 11.0 Å². The van der Waals surface area contributed by atoms with Gasteiger partial charge in [0.2, 0.25) is 5.78 Å². The number of primary amides is 1. The summed E-state index contributed by atoms with van der Waals surface area (Å²) < 4.78 is 0. The molecule has 1 amide bonds. The summed E-state index contributed by atoms with van der Waals surface area (Å²) in [6, 6.07) is 9.97. The number of aryl methyl sites for hydroxylation is 1. The molecule has 3 aliphatic carbocycles. The van der Waals surface area contributed by atoms with Gasteiger partial charge >= 0.3 is 0 Å². The van der Waals surface area contributed by atoms with Crippen molar-refractivity contribution < 1.29 is 34.8 Å². The fraction of sp³-hybridized carbons (Fsp3) is 0.300. The number of carbonyl (C=O) groups excluding carboxylic acids is 3. The molecule has 0 saturated carbocycles. The monoisotopic (exact) mass is 530 g/mol. The van der Waals surface area contributed by atoms with Crippen molar-refractivity contribution in [3.63, 3.8) is 0 Å². The molecule has 0 spiro atoms. The van der Waals surface area contributed by atoms with Crippen LogP contribution in [0.3, 0.4) is 0 Å². The molecule has 0 unspecified atom stereocenters. The van der Waals surface area contributed by atoms with Crippen molar-refractivity contribution in [3.8, 4) is 5.75 Å². The Morgan fingerprint density at radius 2 is 1.72 bits per heavy atom. The molecule has 2 aromatic carbocycles. The molecular formula is C30H30N2O7. The zero-order chi connectivity index (χ0) is 28.4. The van der Waals surface area contributed by atoms with E-state index in [1.807, 2.05) is 43.3 Å². The molecule has 0 heterocycles. The number of likely N-dealkylation sites (N-methyl/N-ethyl adjacent to an activating group) is 1. The highest BCUT2D eigenvalue weighted by Gasteiger charge is 2.63. The average Bonchev–Trinajstić information content (AvgIpc) is 2.86. The Kier molecular flexibility index (Phi) is 6.24. The van der Waals surface area contributed by atoms with E-state index in [9.17, 15) is 34.8 Å². The maximum absolute atomic E-state index is 13.8. The molecule has 5 rings (SSSR count). The van der Waals surface area contributed by atoms with Crippen LogP contribution in [0.4, 0.5) is 0 Å². The topological polar surface area (TPSA) is 161 Å². The largest absolute Gasteiger partial charge is 0.510 e. The standard InChI is InChI=1S/C30H30N2O7/c1-14-4-6-15(7-5-14)8-9-16-10-11-20(33)22-18(16)12-17-13-19-24(32(2)3)26(35)23(29(31)38)28(37)30(19,39)27(36)21(17)25(22)34/h4-11,17,19,24,33,35-36,39H,12-13H2,1-3H3,(H2,31,38)/b9-8+/t17-,19-,24-,30+/m1/s1. The third kappa shape index (κ3) is 3.88. The van der Waals surface area contributed by atoms with Crippen LogP contribution in [0.15, 0.2) is 59.1 Å². The van der Waals surface area contributed by atoms with Gasteiger partial charge in [0.05, 0.1) is 11.6 Å². The van der Waals surface area contributed by atoms with Crippen LogP contribution in [0.25, 0.3) is 12.2 Å². The van der Waals surface area contributed by atoms with Gasteiger partial charge in [-0.3, -0.25) is 19.3 Å². The van der Waals surface area contributed by atoms with Crippen molar-refractivity contribution in [2.75, 3.05) is 14.1 Å². The summed E-state index contributed by atoms with van der Waals surface area (Å²) in [6.45, 7) is 1.99. The first kappa shape index (κ1) is 26.4. The lowest BCUT2D eigenvalue weighted by atomic mass is 9.58. The van der Waals surface area contributed by atoms with E-state index in [1.54, 1.807) is 20.2 Å². The number of phenols is 1. The van der Waals surface area contributed by atoms with Crippen LogP contribution < -0.4 is 5.73 Å². The predicted molar refractivity (Wildman–Crippen MR) is 144 cm³/mol. The second-order valence-electron chi connectivity index (χ2n) is 10.7. The van der Waals surface area contributed by atoms with Gasteiger partial charge in [0.25, 0.3) is 5.91 Å². The Balaban J connectivity index is 1.65. The number of phenolic OH excluding ortho intramolecular Hbond substituents is 1. The number of allylic oxidation sites excluding steroid dienone is 1. The van der Waals surface area contributed by atoms with Gasteiger partial charge in [0.15, 0.2) is 11.4 Å². The number of carbonyl (C=O) groups is 3. The van der Waals surface area contributed by atoms with Crippen molar-refractivity contribution in [1.82, 2.24) is 4.90 Å². The zero-order valence-corrected chi connectivity index (χ0v) is 21.8. The Labute approximate surface area is 225 Å². The first-order valence-corrected chi connectivity index (χ1v) is 12.6. The van der Waals surface area contributed by atoms with Gasteiger partial charge in [-0.2, -0.15) is 0 Å². The number of amides is 1. The molecule has 0 aliphatic heterocycles. The predicted octanol–water partition coefficient (Wildman–Crippen LogP) is 2.60. The van der Waals surface area contributed by atoms with Gasteiger partial charge in [0, 0.05) is 11.5 Å². The number of nitrogens with zero attached hydrogens (tertiary/aromatic N) is 1. The van der Waals surface area contributed by atoms with Crippen LogP contribution in [-0.2, 0) is 16.0 Å². The quantitative estimate of drug-likeness (QED) is 0.298. The second kappa shape index (κ2) is 9.21. The van der Waals surface area contributed by atoms with Gasteiger partial charge in [0.1, 0.15) is 22.8 Å². The van der Waals surface area contributed by atoms with E-state index in [0.717, 1.165) is 11.1 Å². The normalized spacial score (nSPS) is 26.6. The maximum atomic E-state index is 13.8. The van der Waals surface area contributed by atoms with Gasteiger partial charge in [-0.05, 0) is 62.5 Å². The lowest BCUT2D eigenvalue weighted by molar-refractivity contribution is -0.148. The second-order valence-corrected chi connectivity index (χ2v) is 10.7. The van der Waals surface area contributed by atoms with Gasteiger partial charge < -0.3 is 26.2 Å². The van der Waals surface area contributed by atoms with E-state index in [2.05, 4.69) is 0 Å². The molecule has 0 fully saturated rings. The number of aliphatic hydroxyl groups excluding tert-OH is 2. The van der Waals surface area contributed by atoms with Crippen LogP contribution in [0.5, 0.6) is 5.75 Å². The summed E-state index contributed by atoms with van der Waals surface area (Å²) >= 11 is 0. The fourth-order valence-electron chi connectivity index (χ4n) is 6.29. The Bertz CT molecular complexity index is 1520. The summed E-state index contributed by atoms with van der Waals surface area (Å²) in [7, 11) is 3.19. The minimum absolute atomic E-state index is 0.0122. The molecule has 9 heteroatoms. The average molecular weight is 531 g/mol. The van der Waals surface area contributed by atoms with Gasteiger partial charge in [-0.1, -0.05) is 48.0 Å². The smallest absolute Gasteiger partial charge is 0.255 e. The highest BCUT2D eigenvalue weighted by Crippen LogP contribution is 2.52. The highest BCUT2D eigenvalue weighted by atomic mass is 16.3. The number of hydrogen-bond donors (Lipinski definition) is 5. The molecule has 4 atom stereocenters. The van der Waals surface area contributed by atoms with E-state index in [-0.39, 0.29) is 29.7 Å². The van der Waals surface area contributed by atoms with Crippen LogP contribution in [0.1, 0.15) is 39.0 Å². The lowest BCUT2D eigenvalue weighted by Gasteiger charge is -2.50. The molecule has 6 N–H and O–H groups in total. The van der Waals surface area contributed by atoms with Gasteiger partial charge in [-0.25, -0.2) is 0 Å². The summed E-state index contributed by atoms with van der Waals surface area (Å²) in [4.78, 5) is 40.7. The molecule has 0 aromatic heterocycles. The van der Waals surface area contributed by atoms with Crippen LogP contribution in [0, 0.1) is 18.8 Å². The van der Waals surface area contributed by atoms with E-state index in [4.69, 9.17) is 5.73 Å². The fourth-order valence-corrected chi connectivity index (χ4v) is 6.29. The number of hydrogen-bond acceptors (Lipinski definition) is 8. The molecule has 202 valence electrons. The molecule has 0 bridgehead atoms. The molecule has 9 nitrogen and oxygen atoms in total. The summed E-state index contributed by atoms with van der Waals surface area (Å²) in [5.41, 5.74) is 5.06. The minimum Gasteiger partial charge on any atom is -0.510 e. The van der Waals surface area contributed by atoms with Crippen molar-refractivity contribution >= 4 is 29.6 Å². The molecule has 2 aromatic rings. The Morgan fingerprint density at radius 3 is 2.33 bits per heavy atom. The number of ketones is 2. The maximum Gasteiger partial charge on any atom is 0.255 e. The number of aromatic hydroxyl groups is 1. The number of rotatable bonds is 4. The first-order chi connectivity index (χ1) is 18.4. The minimum atomic E-state index is -2.65. The molecule has 3 aliphatic rings. The Morgan fingerprint density at radius 1 is 1.05 bits per heavy atom. The number of benzene rings is 2. The number of aliphatic hydroxyl groups is 3. The number of nitrogens with two attached hydrogens (primary N) is 1. The van der Waals surface area contributed by atoms with Crippen molar-refractivity contribution in [2.45, 2.75) is 31.4 Å². The van der Waals surface area contributed by atoms with Crippen LogP contribution in [0.2, 0.25) is 0 Å². The van der Waals surface area contributed by atoms with E-state index in [0.29, 0.717) is 11.1 Å². The van der Waals surface area contributed by atoms with Crippen molar-refractivity contribution in [1.29, 1.82) is 0 Å². The molecular weight excluding hydrogens is 500 g/mol. The number of Topliss-reactive ketones (excluding diaryl/α,β-unsaturated/α-hetero) is 2. The van der Waals surface area contributed by atoms with Crippen LogP contribution >= 0.6 is 0 Å². The molecule has 0 radical (unpaired) electrons. The Hall–Kier alpha value is -4.21. The third-order valence-electron chi connectivity index (χ3n) is 8.17. The summed E-state index contributed by atoms with van der Waals surface area (Å²) in [5.74, 6) is -6.64. The molecule has 0 saturated heterocycles. The number of fused-ring (bicyclic) bond motifs is 3.